The quantitative estimate of drug-likeness (QED) is 0.830. The summed E-state index contributed by atoms with van der Waals surface area (Å²) in [5, 5.41) is 12.2. The van der Waals surface area contributed by atoms with Crippen LogP contribution in [0.5, 0.6) is 0 Å². The van der Waals surface area contributed by atoms with E-state index in [9.17, 15) is 14.4 Å². The number of nitrogens with zero attached hydrogens (tertiary/aromatic N) is 1. The lowest BCUT2D eigenvalue weighted by atomic mass is 10.1. The molecule has 1 saturated heterocycles. The molecule has 2 N–H and O–H groups in total. The molecule has 8 heteroatoms. The molecule has 0 saturated carbocycles. The van der Waals surface area contributed by atoms with Crippen molar-refractivity contribution in [3.63, 3.8) is 0 Å². The van der Waals surface area contributed by atoms with Gasteiger partial charge in [-0.2, -0.15) is 0 Å². The molecule has 3 rings (SSSR count). The molecular formula is C18H14Cl2N2O4. The molecule has 6 nitrogen and oxygen atoms in total. The van der Waals surface area contributed by atoms with Crippen molar-refractivity contribution in [2.45, 2.75) is 6.42 Å². The van der Waals surface area contributed by atoms with Crippen LogP contribution >= 0.6 is 23.2 Å². The summed E-state index contributed by atoms with van der Waals surface area (Å²) in [7, 11) is 0. The van der Waals surface area contributed by atoms with E-state index in [0.29, 0.717) is 16.4 Å². The lowest BCUT2D eigenvalue weighted by molar-refractivity contribution is -0.122. The fourth-order valence-corrected chi connectivity index (χ4v) is 3.15. The van der Waals surface area contributed by atoms with Gasteiger partial charge >= 0.3 is 5.97 Å². The van der Waals surface area contributed by atoms with Crippen molar-refractivity contribution in [2.75, 3.05) is 16.8 Å². The molecule has 0 radical (unpaired) electrons. The first-order chi connectivity index (χ1) is 12.4. The minimum Gasteiger partial charge on any atom is -0.478 e. The second-order valence-corrected chi connectivity index (χ2v) is 6.64. The molecule has 1 atom stereocenters. The Bertz CT molecular complexity index is 883. The topological polar surface area (TPSA) is 86.7 Å². The Kier molecular flexibility index (Phi) is 5.15. The predicted octanol–water partition coefficient (Wildman–Crippen LogP) is 3.68. The van der Waals surface area contributed by atoms with Crippen LogP contribution in [0.4, 0.5) is 11.4 Å². The van der Waals surface area contributed by atoms with Gasteiger partial charge in [-0.25, -0.2) is 4.79 Å². The van der Waals surface area contributed by atoms with E-state index in [4.69, 9.17) is 28.3 Å². The van der Waals surface area contributed by atoms with Crippen molar-refractivity contribution in [3.05, 3.63) is 58.1 Å². The van der Waals surface area contributed by atoms with E-state index in [-0.39, 0.29) is 35.4 Å². The molecular weight excluding hydrogens is 379 g/mol. The Morgan fingerprint density at radius 1 is 1.12 bits per heavy atom. The molecule has 0 spiro atoms. The molecule has 2 amide bonds. The van der Waals surface area contributed by atoms with Crippen LogP contribution in [0.3, 0.4) is 0 Å². The third kappa shape index (κ3) is 3.66. The summed E-state index contributed by atoms with van der Waals surface area (Å²) in [6.07, 6.45) is 0.0574. The van der Waals surface area contributed by atoms with Crippen molar-refractivity contribution in [1.29, 1.82) is 0 Å². The fourth-order valence-electron chi connectivity index (χ4n) is 2.76. The molecule has 1 heterocycles. The summed E-state index contributed by atoms with van der Waals surface area (Å²) in [6, 6.07) is 10.8. The van der Waals surface area contributed by atoms with Gasteiger partial charge in [0.1, 0.15) is 0 Å². The van der Waals surface area contributed by atoms with E-state index >= 15 is 0 Å². The van der Waals surface area contributed by atoms with E-state index in [1.54, 1.807) is 18.2 Å². The second-order valence-electron chi connectivity index (χ2n) is 5.85. The normalized spacial score (nSPS) is 16.6. The largest absolute Gasteiger partial charge is 0.478 e. The molecule has 2 aromatic rings. The van der Waals surface area contributed by atoms with Gasteiger partial charge in [-0.05, 0) is 36.4 Å². The number of amides is 2. The van der Waals surface area contributed by atoms with Crippen molar-refractivity contribution in [2.24, 2.45) is 5.92 Å². The van der Waals surface area contributed by atoms with Crippen LogP contribution in [0.25, 0.3) is 0 Å². The number of hydrogen-bond acceptors (Lipinski definition) is 3. The lowest BCUT2D eigenvalue weighted by Crippen LogP contribution is -2.28. The maximum atomic E-state index is 12.4. The zero-order chi connectivity index (χ0) is 18.8. The number of carbonyl (C=O) groups excluding carboxylic acids is 2. The summed E-state index contributed by atoms with van der Waals surface area (Å²) in [4.78, 5) is 37.0. The molecule has 1 fully saturated rings. The first-order valence-electron chi connectivity index (χ1n) is 7.75. The number of halogens is 2. The summed E-state index contributed by atoms with van der Waals surface area (Å²) in [6.45, 7) is 0.192. The first-order valence-corrected chi connectivity index (χ1v) is 8.51. The summed E-state index contributed by atoms with van der Waals surface area (Å²) in [5.41, 5.74) is 1.07. The zero-order valence-corrected chi connectivity index (χ0v) is 14.9. The minimum atomic E-state index is -1.04. The summed E-state index contributed by atoms with van der Waals surface area (Å²) < 4.78 is 0. The smallest absolute Gasteiger partial charge is 0.335 e. The van der Waals surface area contributed by atoms with Crippen LogP contribution in [-0.4, -0.2) is 29.4 Å². The van der Waals surface area contributed by atoms with Crippen molar-refractivity contribution < 1.29 is 19.5 Å². The van der Waals surface area contributed by atoms with Crippen LogP contribution < -0.4 is 10.2 Å². The number of rotatable bonds is 4. The number of carboxylic acid groups (broad SMARTS) is 1. The molecule has 134 valence electrons. The molecule has 1 aliphatic rings. The van der Waals surface area contributed by atoms with Gasteiger partial charge in [-0.3, -0.25) is 9.59 Å². The maximum Gasteiger partial charge on any atom is 0.335 e. The van der Waals surface area contributed by atoms with Gasteiger partial charge in [0.05, 0.1) is 27.2 Å². The van der Waals surface area contributed by atoms with E-state index in [1.165, 1.54) is 29.2 Å². The Morgan fingerprint density at radius 3 is 2.46 bits per heavy atom. The molecule has 1 aliphatic heterocycles. The van der Waals surface area contributed by atoms with Gasteiger partial charge in [0.25, 0.3) is 0 Å². The Labute approximate surface area is 159 Å². The number of anilines is 2. The predicted molar refractivity (Wildman–Crippen MR) is 99.0 cm³/mol. The number of aromatic carboxylic acids is 1. The van der Waals surface area contributed by atoms with E-state index < -0.39 is 11.9 Å². The third-order valence-corrected chi connectivity index (χ3v) is 4.93. The molecule has 0 unspecified atom stereocenters. The minimum absolute atomic E-state index is 0.0574. The van der Waals surface area contributed by atoms with Crippen LogP contribution in [0.15, 0.2) is 42.5 Å². The highest BCUT2D eigenvalue weighted by Crippen LogP contribution is 2.35. The van der Waals surface area contributed by atoms with Crippen LogP contribution in [0, 0.1) is 5.92 Å². The van der Waals surface area contributed by atoms with E-state index in [1.807, 2.05) is 0 Å². The zero-order valence-electron chi connectivity index (χ0n) is 13.4. The summed E-state index contributed by atoms with van der Waals surface area (Å²) >= 11 is 12.2. The number of benzene rings is 2. The molecule has 0 aromatic heterocycles. The SMILES string of the molecule is O=C(O)c1ccc(NC(=O)[C@H]2CC(=O)N(c3cccc(Cl)c3Cl)C2)cc1. The Morgan fingerprint density at radius 2 is 1.81 bits per heavy atom. The monoisotopic (exact) mass is 392 g/mol. The van der Waals surface area contributed by atoms with Crippen molar-refractivity contribution in [1.82, 2.24) is 0 Å². The standard InChI is InChI=1S/C18H14Cl2N2O4/c19-13-2-1-3-14(16(13)20)22-9-11(8-15(22)23)17(24)21-12-6-4-10(5-7-12)18(25)26/h1-7,11H,8-9H2,(H,21,24)(H,25,26)/t11-/m0/s1. The maximum absolute atomic E-state index is 12.4. The summed E-state index contributed by atoms with van der Waals surface area (Å²) in [5.74, 6) is -2.12. The van der Waals surface area contributed by atoms with Gasteiger partial charge < -0.3 is 15.3 Å². The van der Waals surface area contributed by atoms with E-state index in [0.717, 1.165) is 0 Å². The number of carbonyl (C=O) groups is 3. The molecule has 0 bridgehead atoms. The van der Waals surface area contributed by atoms with Gasteiger partial charge in [0.2, 0.25) is 11.8 Å². The average Bonchev–Trinajstić information content (AvgIpc) is 2.99. The second kappa shape index (κ2) is 7.35. The van der Waals surface area contributed by atoms with Gasteiger partial charge in [-0.1, -0.05) is 29.3 Å². The highest BCUT2D eigenvalue weighted by molar-refractivity contribution is 6.44. The average molecular weight is 393 g/mol. The molecule has 26 heavy (non-hydrogen) atoms. The van der Waals surface area contributed by atoms with Crippen molar-refractivity contribution >= 4 is 52.4 Å². The Balaban J connectivity index is 1.71. The Hall–Kier alpha value is -2.57. The number of nitrogens with one attached hydrogen (secondary N) is 1. The molecule has 0 aliphatic carbocycles. The number of carboxylic acids is 1. The van der Waals surface area contributed by atoms with Crippen molar-refractivity contribution in [3.8, 4) is 0 Å². The van der Waals surface area contributed by atoms with E-state index in [2.05, 4.69) is 5.32 Å². The van der Waals surface area contributed by atoms with Crippen LogP contribution in [0.1, 0.15) is 16.8 Å². The fraction of sp³-hybridized carbons (Fsp3) is 0.167. The van der Waals surface area contributed by atoms with Gasteiger partial charge in [0.15, 0.2) is 0 Å². The van der Waals surface area contributed by atoms with Crippen LogP contribution in [0.2, 0.25) is 10.0 Å². The third-order valence-electron chi connectivity index (χ3n) is 4.12. The highest BCUT2D eigenvalue weighted by atomic mass is 35.5. The molecule has 2 aromatic carbocycles. The van der Waals surface area contributed by atoms with Gasteiger partial charge in [-0.15, -0.1) is 0 Å². The first kappa shape index (κ1) is 18.2. The van der Waals surface area contributed by atoms with Gasteiger partial charge in [0, 0.05) is 18.7 Å². The van der Waals surface area contributed by atoms with Crippen LogP contribution in [-0.2, 0) is 9.59 Å². The number of hydrogen-bond donors (Lipinski definition) is 2. The highest BCUT2D eigenvalue weighted by Gasteiger charge is 2.36. The lowest BCUT2D eigenvalue weighted by Gasteiger charge is -2.18.